The lowest BCUT2D eigenvalue weighted by Crippen LogP contribution is -2.39. The molecule has 0 heterocycles. The highest BCUT2D eigenvalue weighted by molar-refractivity contribution is 7.89. The Labute approximate surface area is 186 Å². The summed E-state index contributed by atoms with van der Waals surface area (Å²) in [6.07, 6.45) is 5.29. The first-order valence-electron chi connectivity index (χ1n) is 11.5. The molecule has 0 amide bonds. The zero-order chi connectivity index (χ0) is 22.3. The number of hydrogen-bond acceptors (Lipinski definition) is 3. The first-order valence-corrected chi connectivity index (χ1v) is 13.1. The third-order valence-electron chi connectivity index (χ3n) is 6.09. The van der Waals surface area contributed by atoms with E-state index in [1.807, 2.05) is 19.1 Å². The first-order chi connectivity index (χ1) is 14.9. The molecule has 170 valence electrons. The number of hydrogen-bond donors (Lipinski definition) is 2. The molecule has 1 aliphatic rings. The Morgan fingerprint density at radius 3 is 2.52 bits per heavy atom. The lowest BCUT2D eigenvalue weighted by molar-refractivity contribution is 0.391. The van der Waals surface area contributed by atoms with E-state index in [4.69, 9.17) is 0 Å². The van der Waals surface area contributed by atoms with Crippen molar-refractivity contribution >= 4 is 10.0 Å². The van der Waals surface area contributed by atoms with Gasteiger partial charge in [-0.05, 0) is 79.5 Å². The molecule has 2 N–H and O–H groups in total. The Balaban J connectivity index is 1.72. The van der Waals surface area contributed by atoms with Crippen LogP contribution in [0.25, 0.3) is 0 Å². The quantitative estimate of drug-likeness (QED) is 0.505. The van der Waals surface area contributed by atoms with Crippen molar-refractivity contribution < 1.29 is 12.8 Å². The number of halogens is 1. The SMILES string of the molecule is CCCS(=O)(=O)NCCCc1ccc2c(c1)C(Cc1ccc(F)cc1)C(NCC)CC2. The second kappa shape index (κ2) is 11.2. The van der Waals surface area contributed by atoms with Crippen LogP contribution in [0, 0.1) is 5.82 Å². The topological polar surface area (TPSA) is 58.2 Å². The molecule has 6 heteroatoms. The maximum Gasteiger partial charge on any atom is 0.211 e. The van der Waals surface area contributed by atoms with Crippen LogP contribution in [0.5, 0.6) is 0 Å². The molecular formula is C25H35FN2O2S. The van der Waals surface area contributed by atoms with Gasteiger partial charge in [0.25, 0.3) is 0 Å². The molecule has 0 aliphatic heterocycles. The van der Waals surface area contributed by atoms with Crippen molar-refractivity contribution in [3.05, 3.63) is 70.5 Å². The summed E-state index contributed by atoms with van der Waals surface area (Å²) >= 11 is 0. The van der Waals surface area contributed by atoms with E-state index in [1.165, 1.54) is 28.8 Å². The van der Waals surface area contributed by atoms with Crippen molar-refractivity contribution in [2.45, 2.75) is 64.3 Å². The zero-order valence-corrected chi connectivity index (χ0v) is 19.5. The molecule has 2 aromatic carbocycles. The van der Waals surface area contributed by atoms with Crippen LogP contribution in [0.2, 0.25) is 0 Å². The van der Waals surface area contributed by atoms with Gasteiger partial charge in [0.2, 0.25) is 10.0 Å². The van der Waals surface area contributed by atoms with Gasteiger partial charge in [0, 0.05) is 18.5 Å². The Morgan fingerprint density at radius 1 is 1.06 bits per heavy atom. The van der Waals surface area contributed by atoms with Gasteiger partial charge in [-0.1, -0.05) is 44.2 Å². The summed E-state index contributed by atoms with van der Waals surface area (Å²) in [5.74, 6) is 0.327. The Bertz CT molecular complexity index is 944. The third kappa shape index (κ3) is 6.86. The maximum atomic E-state index is 13.4. The molecule has 0 bridgehead atoms. The van der Waals surface area contributed by atoms with Crippen LogP contribution in [-0.4, -0.2) is 33.3 Å². The summed E-state index contributed by atoms with van der Waals surface area (Å²) in [6, 6.07) is 14.0. The molecule has 2 atom stereocenters. The van der Waals surface area contributed by atoms with Crippen LogP contribution in [-0.2, 0) is 29.3 Å². The van der Waals surface area contributed by atoms with E-state index < -0.39 is 10.0 Å². The number of fused-ring (bicyclic) bond motifs is 1. The van der Waals surface area contributed by atoms with Gasteiger partial charge in [-0.25, -0.2) is 17.5 Å². The Morgan fingerprint density at radius 2 is 1.81 bits per heavy atom. The Kier molecular flexibility index (Phi) is 8.64. The van der Waals surface area contributed by atoms with Crippen LogP contribution in [0.15, 0.2) is 42.5 Å². The van der Waals surface area contributed by atoms with Crippen LogP contribution in [0.4, 0.5) is 4.39 Å². The number of aryl methyl sites for hydroxylation is 2. The molecule has 31 heavy (non-hydrogen) atoms. The minimum atomic E-state index is -3.15. The van der Waals surface area contributed by atoms with E-state index in [0.717, 1.165) is 44.2 Å². The van der Waals surface area contributed by atoms with E-state index in [-0.39, 0.29) is 11.6 Å². The number of sulfonamides is 1. The van der Waals surface area contributed by atoms with E-state index in [0.29, 0.717) is 24.9 Å². The van der Waals surface area contributed by atoms with Gasteiger partial charge in [-0.2, -0.15) is 0 Å². The summed E-state index contributed by atoms with van der Waals surface area (Å²) < 4.78 is 39.7. The van der Waals surface area contributed by atoms with E-state index in [2.05, 4.69) is 35.2 Å². The van der Waals surface area contributed by atoms with Crippen molar-refractivity contribution in [3.8, 4) is 0 Å². The summed E-state index contributed by atoms with van der Waals surface area (Å²) in [5.41, 5.74) is 5.17. The van der Waals surface area contributed by atoms with Gasteiger partial charge >= 0.3 is 0 Å². The second-order valence-electron chi connectivity index (χ2n) is 8.49. The fourth-order valence-electron chi connectivity index (χ4n) is 4.60. The molecule has 0 spiro atoms. The largest absolute Gasteiger partial charge is 0.314 e. The lowest BCUT2D eigenvalue weighted by Gasteiger charge is -2.35. The number of rotatable bonds is 11. The van der Waals surface area contributed by atoms with Crippen molar-refractivity contribution in [1.29, 1.82) is 0 Å². The third-order valence-corrected chi connectivity index (χ3v) is 7.68. The molecule has 0 saturated carbocycles. The summed E-state index contributed by atoms with van der Waals surface area (Å²) in [7, 11) is -3.15. The molecule has 0 fully saturated rings. The van der Waals surface area contributed by atoms with E-state index in [9.17, 15) is 12.8 Å². The molecule has 4 nitrogen and oxygen atoms in total. The molecule has 3 rings (SSSR count). The number of benzene rings is 2. The Hall–Kier alpha value is -1.76. The van der Waals surface area contributed by atoms with Gasteiger partial charge in [0.1, 0.15) is 5.82 Å². The van der Waals surface area contributed by atoms with Crippen molar-refractivity contribution in [3.63, 3.8) is 0 Å². The van der Waals surface area contributed by atoms with Crippen molar-refractivity contribution in [2.75, 3.05) is 18.8 Å². The first kappa shape index (κ1) is 23.9. The normalized spacial score (nSPS) is 18.7. The minimum absolute atomic E-state index is 0.183. The number of nitrogens with one attached hydrogen (secondary N) is 2. The van der Waals surface area contributed by atoms with Crippen LogP contribution >= 0.6 is 0 Å². The monoisotopic (exact) mass is 446 g/mol. The van der Waals surface area contributed by atoms with E-state index >= 15 is 0 Å². The molecule has 0 radical (unpaired) electrons. The fourth-order valence-corrected chi connectivity index (χ4v) is 5.73. The maximum absolute atomic E-state index is 13.4. The molecule has 1 aliphatic carbocycles. The molecule has 2 unspecified atom stereocenters. The van der Waals surface area contributed by atoms with Crippen molar-refractivity contribution in [2.24, 2.45) is 0 Å². The second-order valence-corrected chi connectivity index (χ2v) is 10.4. The summed E-state index contributed by atoms with van der Waals surface area (Å²) in [6.45, 7) is 5.41. The predicted molar refractivity (Wildman–Crippen MR) is 125 cm³/mol. The fraction of sp³-hybridized carbons (Fsp3) is 0.520. The van der Waals surface area contributed by atoms with Gasteiger partial charge < -0.3 is 5.32 Å². The highest BCUT2D eigenvalue weighted by Crippen LogP contribution is 2.35. The average molecular weight is 447 g/mol. The van der Waals surface area contributed by atoms with Gasteiger partial charge in [0.15, 0.2) is 0 Å². The van der Waals surface area contributed by atoms with Crippen molar-refractivity contribution in [1.82, 2.24) is 10.0 Å². The molecular weight excluding hydrogens is 411 g/mol. The van der Waals surface area contributed by atoms with Crippen LogP contribution < -0.4 is 10.0 Å². The van der Waals surface area contributed by atoms with Gasteiger partial charge in [-0.15, -0.1) is 0 Å². The van der Waals surface area contributed by atoms with Gasteiger partial charge in [0.05, 0.1) is 5.75 Å². The smallest absolute Gasteiger partial charge is 0.211 e. The zero-order valence-electron chi connectivity index (χ0n) is 18.7. The predicted octanol–water partition coefficient (Wildman–Crippen LogP) is 4.34. The number of likely N-dealkylation sites (N-methyl/N-ethyl adjacent to an activating group) is 1. The molecule has 2 aromatic rings. The van der Waals surface area contributed by atoms with Crippen LogP contribution in [0.3, 0.4) is 0 Å². The minimum Gasteiger partial charge on any atom is -0.314 e. The summed E-state index contributed by atoms with van der Waals surface area (Å²) in [5, 5.41) is 3.66. The van der Waals surface area contributed by atoms with E-state index in [1.54, 1.807) is 0 Å². The summed E-state index contributed by atoms with van der Waals surface area (Å²) in [4.78, 5) is 0. The highest BCUT2D eigenvalue weighted by Gasteiger charge is 2.29. The highest BCUT2D eigenvalue weighted by atomic mass is 32.2. The average Bonchev–Trinajstić information content (AvgIpc) is 2.74. The van der Waals surface area contributed by atoms with Gasteiger partial charge in [-0.3, -0.25) is 0 Å². The lowest BCUT2D eigenvalue weighted by atomic mass is 9.75. The molecule has 0 saturated heterocycles. The van der Waals surface area contributed by atoms with Crippen LogP contribution in [0.1, 0.15) is 61.3 Å². The standard InChI is InChI=1S/C25H35FN2O2S/c1-3-16-31(29,30)28-15-5-6-19-7-10-21-11-14-25(27-4-2)24(23(21)17-19)18-20-8-12-22(26)13-9-20/h7-10,12-13,17,24-25,27-28H,3-6,11,14-16,18H2,1-2H3. The molecule has 0 aromatic heterocycles.